The van der Waals surface area contributed by atoms with Crippen LogP contribution < -0.4 is 5.32 Å². The van der Waals surface area contributed by atoms with Crippen molar-refractivity contribution in [2.75, 3.05) is 11.9 Å². The second kappa shape index (κ2) is 11.6. The molecule has 0 spiro atoms. The minimum atomic E-state index is -1.05. The van der Waals surface area contributed by atoms with Crippen LogP contribution in [-0.2, 0) is 31.9 Å². The fraction of sp³-hybridized carbons (Fsp3) is 0.375. The van der Waals surface area contributed by atoms with Crippen LogP contribution in [0.1, 0.15) is 59.5 Å². The zero-order chi connectivity index (χ0) is 24.7. The summed E-state index contributed by atoms with van der Waals surface area (Å²) in [7, 11) is 0. The predicted octanol–water partition coefficient (Wildman–Crippen LogP) is 4.69. The Kier molecular flexibility index (Phi) is 8.53. The number of thiophene rings is 1. The minimum absolute atomic E-state index is 0.0557. The maximum atomic E-state index is 12.9. The van der Waals surface area contributed by atoms with Crippen molar-refractivity contribution in [3.05, 3.63) is 62.0 Å². The monoisotopic (exact) mass is 486 g/mol. The van der Waals surface area contributed by atoms with Crippen molar-refractivity contribution in [3.8, 4) is 0 Å². The lowest BCUT2D eigenvalue weighted by Gasteiger charge is -2.15. The Morgan fingerprint density at radius 2 is 1.88 bits per heavy atom. The Morgan fingerprint density at radius 1 is 1.18 bits per heavy atom. The van der Waals surface area contributed by atoms with Crippen molar-refractivity contribution >= 4 is 45.9 Å². The zero-order valence-electron chi connectivity index (χ0n) is 19.0. The lowest BCUT2D eigenvalue weighted by atomic mass is 9.95. The quantitative estimate of drug-likeness (QED) is 0.236. The molecular weight excluding hydrogens is 460 g/mol. The second-order valence-electron chi connectivity index (χ2n) is 7.64. The maximum absolute atomic E-state index is 12.9. The number of aryl methyl sites for hydroxylation is 1. The molecule has 1 N–H and O–H groups in total. The van der Waals surface area contributed by atoms with Crippen molar-refractivity contribution in [1.29, 1.82) is 0 Å². The number of rotatable bonds is 9. The molecule has 9 nitrogen and oxygen atoms in total. The lowest BCUT2D eigenvalue weighted by Crippen LogP contribution is -2.31. The molecule has 0 saturated carbocycles. The predicted molar refractivity (Wildman–Crippen MR) is 128 cm³/mol. The molecule has 1 aliphatic carbocycles. The van der Waals surface area contributed by atoms with E-state index in [1.54, 1.807) is 13.8 Å². The van der Waals surface area contributed by atoms with Gasteiger partial charge in [0.15, 0.2) is 6.10 Å². The van der Waals surface area contributed by atoms with Gasteiger partial charge in [-0.25, -0.2) is 9.59 Å². The van der Waals surface area contributed by atoms with Crippen LogP contribution >= 0.6 is 11.3 Å². The zero-order valence-corrected chi connectivity index (χ0v) is 19.8. The van der Waals surface area contributed by atoms with Gasteiger partial charge in [-0.2, -0.15) is 0 Å². The Hall–Kier alpha value is -3.53. The number of nitrogens with one attached hydrogen (secondary N) is 1. The fourth-order valence-electron chi connectivity index (χ4n) is 3.64. The molecule has 1 aliphatic rings. The number of non-ortho nitro benzene ring substituents is 1. The number of fused-ring (bicyclic) bond motifs is 1. The van der Waals surface area contributed by atoms with E-state index >= 15 is 0 Å². The average molecular weight is 487 g/mol. The number of amides is 1. The highest BCUT2D eigenvalue weighted by Gasteiger charge is 2.29. The van der Waals surface area contributed by atoms with E-state index in [9.17, 15) is 24.5 Å². The van der Waals surface area contributed by atoms with Gasteiger partial charge in [0.1, 0.15) is 5.00 Å². The van der Waals surface area contributed by atoms with E-state index in [4.69, 9.17) is 9.47 Å². The summed E-state index contributed by atoms with van der Waals surface area (Å²) < 4.78 is 10.5. The van der Waals surface area contributed by atoms with Crippen LogP contribution in [0.3, 0.4) is 0 Å². The average Bonchev–Trinajstić information content (AvgIpc) is 3.19. The van der Waals surface area contributed by atoms with Crippen molar-refractivity contribution in [3.63, 3.8) is 0 Å². The van der Waals surface area contributed by atoms with Gasteiger partial charge in [0.05, 0.1) is 17.1 Å². The second-order valence-corrected chi connectivity index (χ2v) is 8.75. The molecule has 1 heterocycles. The SMILES string of the molecule is CCOC(=O)c1c(NC(=O)C(CC)OC(=O)C=Cc2ccc([N+](=O)[O-])cc2)sc2c1CCCC2. The van der Waals surface area contributed by atoms with E-state index in [0.29, 0.717) is 16.1 Å². The highest BCUT2D eigenvalue weighted by atomic mass is 32.1. The summed E-state index contributed by atoms with van der Waals surface area (Å²) >= 11 is 1.37. The van der Waals surface area contributed by atoms with Crippen molar-refractivity contribution < 1.29 is 28.8 Å². The summed E-state index contributed by atoms with van der Waals surface area (Å²) in [5.74, 6) is -1.71. The van der Waals surface area contributed by atoms with E-state index in [0.717, 1.165) is 42.2 Å². The number of carbonyl (C=O) groups is 3. The number of benzene rings is 1. The maximum Gasteiger partial charge on any atom is 0.341 e. The molecule has 0 radical (unpaired) electrons. The first-order chi connectivity index (χ1) is 16.3. The normalized spacial score (nSPS) is 13.7. The number of hydrogen-bond donors (Lipinski definition) is 1. The van der Waals surface area contributed by atoms with Gasteiger partial charge < -0.3 is 14.8 Å². The van der Waals surface area contributed by atoms with Gasteiger partial charge in [-0.05, 0) is 68.4 Å². The molecular formula is C24H26N2O7S. The third kappa shape index (κ3) is 6.07. The fourth-order valence-corrected chi connectivity index (χ4v) is 4.92. The van der Waals surface area contributed by atoms with E-state index in [2.05, 4.69) is 5.32 Å². The Balaban J connectivity index is 1.68. The van der Waals surface area contributed by atoms with Crippen LogP contribution in [0.2, 0.25) is 0 Å². The number of carbonyl (C=O) groups excluding carboxylic acids is 3. The first kappa shape index (κ1) is 25.1. The van der Waals surface area contributed by atoms with E-state index in [1.807, 2.05) is 0 Å². The van der Waals surface area contributed by atoms with Gasteiger partial charge >= 0.3 is 11.9 Å². The van der Waals surface area contributed by atoms with Crippen LogP contribution in [0.5, 0.6) is 0 Å². The molecule has 0 aliphatic heterocycles. The Morgan fingerprint density at radius 3 is 2.53 bits per heavy atom. The van der Waals surface area contributed by atoms with E-state index < -0.39 is 28.9 Å². The minimum Gasteiger partial charge on any atom is -0.462 e. The van der Waals surface area contributed by atoms with Crippen molar-refractivity contribution in [2.45, 2.75) is 52.1 Å². The van der Waals surface area contributed by atoms with Gasteiger partial charge in [0.25, 0.3) is 11.6 Å². The molecule has 34 heavy (non-hydrogen) atoms. The van der Waals surface area contributed by atoms with Gasteiger partial charge in [0.2, 0.25) is 0 Å². The van der Waals surface area contributed by atoms with E-state index in [-0.39, 0.29) is 18.7 Å². The molecule has 1 amide bonds. The molecule has 3 rings (SSSR count). The molecule has 1 unspecified atom stereocenters. The molecule has 10 heteroatoms. The molecule has 1 aromatic carbocycles. The number of ether oxygens (including phenoxy) is 2. The molecule has 2 aromatic rings. The number of esters is 2. The summed E-state index contributed by atoms with van der Waals surface area (Å²) in [6.07, 6.45) is 5.40. The summed E-state index contributed by atoms with van der Waals surface area (Å²) in [5, 5.41) is 13.9. The summed E-state index contributed by atoms with van der Waals surface area (Å²) in [6.45, 7) is 3.67. The van der Waals surface area contributed by atoms with Crippen molar-refractivity contribution in [2.24, 2.45) is 0 Å². The first-order valence-corrected chi connectivity index (χ1v) is 11.9. The largest absolute Gasteiger partial charge is 0.462 e. The van der Waals surface area contributed by atoms with Crippen LogP contribution in [0.15, 0.2) is 30.3 Å². The topological polar surface area (TPSA) is 125 Å². The molecule has 0 saturated heterocycles. The third-order valence-electron chi connectivity index (χ3n) is 5.33. The van der Waals surface area contributed by atoms with E-state index in [1.165, 1.54) is 41.7 Å². The lowest BCUT2D eigenvalue weighted by molar-refractivity contribution is -0.384. The van der Waals surface area contributed by atoms with Gasteiger partial charge in [-0.3, -0.25) is 14.9 Å². The number of nitro benzene ring substituents is 1. The molecule has 1 atom stereocenters. The summed E-state index contributed by atoms with van der Waals surface area (Å²) in [5.41, 5.74) is 1.85. The molecule has 180 valence electrons. The van der Waals surface area contributed by atoms with Crippen LogP contribution in [-0.4, -0.2) is 35.5 Å². The number of nitrogens with zero attached hydrogens (tertiary/aromatic N) is 1. The van der Waals surface area contributed by atoms with Gasteiger partial charge in [-0.15, -0.1) is 11.3 Å². The Bertz CT molecular complexity index is 1110. The standard InChI is InChI=1S/C24H26N2O7S/c1-3-18(33-20(27)14-11-15-9-12-16(13-10-15)26(30)31)22(28)25-23-21(24(29)32-4-2)17-7-5-6-8-19(17)34-23/h9-14,18H,3-8H2,1-2H3,(H,25,28). The number of nitro groups is 1. The van der Waals surface area contributed by atoms with Crippen molar-refractivity contribution in [1.82, 2.24) is 0 Å². The van der Waals surface area contributed by atoms with Gasteiger partial charge in [-0.1, -0.05) is 6.92 Å². The van der Waals surface area contributed by atoms with Crippen LogP contribution in [0.4, 0.5) is 10.7 Å². The molecule has 0 bridgehead atoms. The Labute approximate surface area is 200 Å². The number of anilines is 1. The van der Waals surface area contributed by atoms with Crippen LogP contribution in [0, 0.1) is 10.1 Å². The van der Waals surface area contributed by atoms with Crippen LogP contribution in [0.25, 0.3) is 6.08 Å². The highest BCUT2D eigenvalue weighted by Crippen LogP contribution is 2.38. The third-order valence-corrected chi connectivity index (χ3v) is 6.53. The smallest absolute Gasteiger partial charge is 0.341 e. The highest BCUT2D eigenvalue weighted by molar-refractivity contribution is 7.17. The van der Waals surface area contributed by atoms with Gasteiger partial charge in [0, 0.05) is 23.1 Å². The molecule has 1 aromatic heterocycles. The molecule has 0 fully saturated rings. The summed E-state index contributed by atoms with van der Waals surface area (Å²) in [6, 6.07) is 5.66. The summed E-state index contributed by atoms with van der Waals surface area (Å²) in [4.78, 5) is 49.0. The first-order valence-electron chi connectivity index (χ1n) is 11.1. The number of hydrogen-bond acceptors (Lipinski definition) is 8.